The molecule has 2 aliphatic heterocycles. The largest absolute Gasteiger partial charge is 0.336 e. The maximum Gasteiger partial charge on any atom is 0.319 e. The molecule has 0 saturated carbocycles. The number of likely N-dealkylation sites (tertiary alicyclic amines) is 1. The van der Waals surface area contributed by atoms with Gasteiger partial charge in [0.15, 0.2) is 0 Å². The summed E-state index contributed by atoms with van der Waals surface area (Å²) < 4.78 is 0. The van der Waals surface area contributed by atoms with Crippen LogP contribution in [0, 0.1) is 0 Å². The van der Waals surface area contributed by atoms with Crippen LogP contribution in [0.2, 0.25) is 0 Å². The van der Waals surface area contributed by atoms with Gasteiger partial charge in [-0.25, -0.2) is 4.79 Å². The van der Waals surface area contributed by atoms with E-state index >= 15 is 0 Å². The lowest BCUT2D eigenvalue weighted by molar-refractivity contribution is 0.0985. The van der Waals surface area contributed by atoms with Gasteiger partial charge in [0.05, 0.1) is 11.3 Å². The fraction of sp³-hybridized carbons (Fsp3) is 0.391. The van der Waals surface area contributed by atoms with Gasteiger partial charge in [-0.15, -0.1) is 0 Å². The number of hydrogen-bond acceptors (Lipinski definition) is 4. The molecule has 0 bridgehead atoms. The van der Waals surface area contributed by atoms with Crippen molar-refractivity contribution in [1.29, 1.82) is 0 Å². The summed E-state index contributed by atoms with van der Waals surface area (Å²) in [7, 11) is 0. The molecule has 3 amide bonds. The summed E-state index contributed by atoms with van der Waals surface area (Å²) >= 11 is 1.59. The maximum atomic E-state index is 13.1. The smallest absolute Gasteiger partial charge is 0.319 e. The molecular formula is C23H28N4O2S. The Kier molecular flexibility index (Phi) is 6.29. The maximum absolute atomic E-state index is 13.1. The summed E-state index contributed by atoms with van der Waals surface area (Å²) in [6, 6.07) is 13.6. The number of fused-ring (bicyclic) bond motifs is 2. The molecular weight excluding hydrogens is 396 g/mol. The molecule has 0 aliphatic carbocycles. The van der Waals surface area contributed by atoms with Gasteiger partial charge in [0.25, 0.3) is 5.91 Å². The Morgan fingerprint density at radius 1 is 1.13 bits per heavy atom. The minimum atomic E-state index is -0.211. The topological polar surface area (TPSA) is 64.7 Å². The van der Waals surface area contributed by atoms with Crippen LogP contribution in [0.4, 0.5) is 16.2 Å². The molecule has 2 N–H and O–H groups in total. The summed E-state index contributed by atoms with van der Waals surface area (Å²) in [4.78, 5) is 31.7. The Hall–Kier alpha value is -2.51. The lowest BCUT2D eigenvalue weighted by Crippen LogP contribution is -2.41. The summed E-state index contributed by atoms with van der Waals surface area (Å²) in [5.74, 6) is -0.0122. The Labute approximate surface area is 182 Å². The highest BCUT2D eigenvalue weighted by Crippen LogP contribution is 2.42. The van der Waals surface area contributed by atoms with E-state index in [-0.39, 0.29) is 11.9 Å². The van der Waals surface area contributed by atoms with Crippen molar-refractivity contribution in [2.45, 2.75) is 42.5 Å². The van der Waals surface area contributed by atoms with Gasteiger partial charge in [-0.2, -0.15) is 0 Å². The molecule has 1 fully saturated rings. The summed E-state index contributed by atoms with van der Waals surface area (Å²) in [6.45, 7) is 7.45. The number of rotatable bonds is 5. The van der Waals surface area contributed by atoms with Crippen molar-refractivity contribution in [3.05, 3.63) is 48.0 Å². The average molecular weight is 425 g/mol. The molecule has 2 heterocycles. The zero-order valence-corrected chi connectivity index (χ0v) is 18.3. The van der Waals surface area contributed by atoms with Crippen LogP contribution in [-0.2, 0) is 0 Å². The van der Waals surface area contributed by atoms with Crippen molar-refractivity contribution < 1.29 is 9.59 Å². The summed E-state index contributed by atoms with van der Waals surface area (Å²) in [6.07, 6.45) is 2.31. The third kappa shape index (κ3) is 4.18. The highest BCUT2D eigenvalue weighted by Gasteiger charge is 2.27. The monoisotopic (exact) mass is 424 g/mol. The highest BCUT2D eigenvalue weighted by atomic mass is 32.2. The molecule has 0 spiro atoms. The van der Waals surface area contributed by atoms with Gasteiger partial charge in [-0.05, 0) is 63.2 Å². The first-order chi connectivity index (χ1) is 14.6. The number of benzene rings is 2. The quantitative estimate of drug-likeness (QED) is 0.746. The van der Waals surface area contributed by atoms with Crippen LogP contribution >= 0.6 is 11.8 Å². The molecule has 30 heavy (non-hydrogen) atoms. The van der Waals surface area contributed by atoms with Crippen LogP contribution in [-0.4, -0.2) is 49.1 Å². The van der Waals surface area contributed by atoms with E-state index in [0.29, 0.717) is 30.4 Å². The van der Waals surface area contributed by atoms with Crippen molar-refractivity contribution in [2.24, 2.45) is 0 Å². The number of nitrogens with one attached hydrogen (secondary N) is 2. The van der Waals surface area contributed by atoms with Crippen molar-refractivity contribution in [2.75, 3.05) is 36.4 Å². The molecule has 2 aliphatic rings. The number of likely N-dealkylation sites (N-methyl/N-ethyl adjacent to an activating group) is 1. The number of urea groups is 1. The van der Waals surface area contributed by atoms with E-state index in [1.807, 2.05) is 49.4 Å². The average Bonchev–Trinajstić information content (AvgIpc) is 3.18. The first-order valence-corrected chi connectivity index (χ1v) is 11.4. The lowest BCUT2D eigenvalue weighted by atomic mass is 10.1. The standard InChI is InChI=1S/C23H28N4O2S/c1-3-26-13-7-8-17(26)15-24-23(29)25-16-11-12-21-19(14-16)27(4-2)22(28)18-9-5-6-10-20(18)30-21/h5-6,9-12,14,17H,3-4,7-8,13,15H2,1-2H3,(H2,24,25,29). The molecule has 7 heteroatoms. The van der Waals surface area contributed by atoms with Crippen LogP contribution in [0.15, 0.2) is 52.3 Å². The Bertz CT molecular complexity index is 949. The second-order valence-electron chi connectivity index (χ2n) is 7.59. The molecule has 0 aromatic heterocycles. The zero-order valence-electron chi connectivity index (χ0n) is 17.5. The summed E-state index contributed by atoms with van der Waals surface area (Å²) in [5, 5.41) is 5.93. The number of nitrogens with zero attached hydrogens (tertiary/aromatic N) is 2. The summed E-state index contributed by atoms with van der Waals surface area (Å²) in [5.41, 5.74) is 2.22. The molecule has 158 valence electrons. The van der Waals surface area contributed by atoms with E-state index < -0.39 is 0 Å². The molecule has 2 aromatic rings. The Balaban J connectivity index is 1.49. The van der Waals surface area contributed by atoms with Crippen LogP contribution in [0.3, 0.4) is 0 Å². The van der Waals surface area contributed by atoms with Gasteiger partial charge in [-0.3, -0.25) is 9.69 Å². The van der Waals surface area contributed by atoms with Gasteiger partial charge in [0, 0.05) is 34.6 Å². The fourth-order valence-corrected chi connectivity index (χ4v) is 5.30. The Morgan fingerprint density at radius 2 is 1.97 bits per heavy atom. The van der Waals surface area contributed by atoms with E-state index in [9.17, 15) is 9.59 Å². The van der Waals surface area contributed by atoms with Crippen molar-refractivity contribution in [3.63, 3.8) is 0 Å². The normalized spacial score (nSPS) is 18.5. The minimum Gasteiger partial charge on any atom is -0.336 e. The van der Waals surface area contributed by atoms with Gasteiger partial charge in [0.2, 0.25) is 0 Å². The van der Waals surface area contributed by atoms with Crippen LogP contribution in [0.1, 0.15) is 37.0 Å². The second kappa shape index (κ2) is 9.10. The molecule has 1 atom stereocenters. The zero-order chi connectivity index (χ0) is 21.1. The number of carbonyl (C=O) groups excluding carboxylic acids is 2. The second-order valence-corrected chi connectivity index (χ2v) is 8.67. The van der Waals surface area contributed by atoms with E-state index in [1.54, 1.807) is 16.7 Å². The van der Waals surface area contributed by atoms with E-state index in [0.717, 1.165) is 35.0 Å². The van der Waals surface area contributed by atoms with E-state index in [4.69, 9.17) is 0 Å². The first-order valence-electron chi connectivity index (χ1n) is 10.6. The minimum absolute atomic E-state index is 0.0122. The highest BCUT2D eigenvalue weighted by molar-refractivity contribution is 7.99. The molecule has 2 aromatic carbocycles. The molecule has 1 saturated heterocycles. The number of anilines is 2. The van der Waals surface area contributed by atoms with Gasteiger partial charge < -0.3 is 15.5 Å². The van der Waals surface area contributed by atoms with Gasteiger partial charge in [-0.1, -0.05) is 30.8 Å². The Morgan fingerprint density at radius 3 is 2.77 bits per heavy atom. The van der Waals surface area contributed by atoms with E-state index in [1.165, 1.54) is 6.42 Å². The van der Waals surface area contributed by atoms with Crippen molar-refractivity contribution >= 4 is 35.1 Å². The van der Waals surface area contributed by atoms with Crippen molar-refractivity contribution in [1.82, 2.24) is 10.2 Å². The third-order valence-corrected chi connectivity index (χ3v) is 6.95. The predicted octanol–water partition coefficient (Wildman–Crippen LogP) is 4.42. The molecule has 1 unspecified atom stereocenters. The predicted molar refractivity (Wildman–Crippen MR) is 122 cm³/mol. The number of amides is 3. The van der Waals surface area contributed by atoms with Crippen LogP contribution in [0.5, 0.6) is 0 Å². The molecule has 6 nitrogen and oxygen atoms in total. The molecule has 0 radical (unpaired) electrons. The first kappa shape index (κ1) is 20.8. The lowest BCUT2D eigenvalue weighted by Gasteiger charge is -2.23. The van der Waals surface area contributed by atoms with Crippen LogP contribution in [0.25, 0.3) is 0 Å². The SMILES string of the molecule is CCN1C(=O)c2ccccc2Sc2ccc(NC(=O)NCC3CCCN3CC)cc21. The number of hydrogen-bond donors (Lipinski definition) is 2. The van der Waals surface area contributed by atoms with Crippen LogP contribution < -0.4 is 15.5 Å². The van der Waals surface area contributed by atoms with Gasteiger partial charge in [0.1, 0.15) is 0 Å². The molecule has 4 rings (SSSR count). The van der Waals surface area contributed by atoms with E-state index in [2.05, 4.69) is 22.5 Å². The third-order valence-electron chi connectivity index (χ3n) is 5.81. The number of carbonyl (C=O) groups is 2. The van der Waals surface area contributed by atoms with Gasteiger partial charge >= 0.3 is 6.03 Å². The van der Waals surface area contributed by atoms with Crippen molar-refractivity contribution in [3.8, 4) is 0 Å². The fourth-order valence-electron chi connectivity index (χ4n) is 4.24.